The van der Waals surface area contributed by atoms with Crippen molar-refractivity contribution in [1.82, 2.24) is 19.5 Å². The summed E-state index contributed by atoms with van der Waals surface area (Å²) in [6.45, 7) is 5.23. The summed E-state index contributed by atoms with van der Waals surface area (Å²) in [5.74, 6) is 0.461. The average Bonchev–Trinajstić information content (AvgIpc) is 3.42. The summed E-state index contributed by atoms with van der Waals surface area (Å²) < 4.78 is 7.73. The number of H-pyrrole nitrogens is 1. The molecule has 0 bridgehead atoms. The Hall–Kier alpha value is -2.54. The molecule has 3 aromatic rings. The molecular weight excluding hydrogens is 424 g/mol. The maximum absolute atomic E-state index is 12.7. The van der Waals surface area contributed by atoms with Crippen molar-refractivity contribution in [3.63, 3.8) is 0 Å². The second-order valence-corrected chi connectivity index (χ2v) is 8.60. The van der Waals surface area contributed by atoms with Crippen LogP contribution in [0.1, 0.15) is 29.7 Å². The molecule has 0 unspecified atom stereocenters. The molecule has 0 aliphatic carbocycles. The number of fused-ring (bicyclic) bond motifs is 1. The predicted octanol–water partition coefficient (Wildman–Crippen LogP) is 3.81. The monoisotopic (exact) mass is 444 g/mol. The van der Waals surface area contributed by atoms with Crippen molar-refractivity contribution in [3.05, 3.63) is 34.1 Å². The van der Waals surface area contributed by atoms with Crippen molar-refractivity contribution in [1.29, 1.82) is 5.26 Å². The second kappa shape index (κ2) is 8.68. The van der Waals surface area contributed by atoms with Crippen molar-refractivity contribution in [3.8, 4) is 6.07 Å². The molecule has 1 amide bonds. The molecular formula is C20H21ClN6O2S. The van der Waals surface area contributed by atoms with Gasteiger partial charge in [0, 0.05) is 18.5 Å². The third-order valence-electron chi connectivity index (χ3n) is 5.23. The molecule has 0 radical (unpaired) electrons. The third-order valence-corrected chi connectivity index (χ3v) is 6.31. The molecule has 0 saturated carbocycles. The molecule has 8 nitrogen and oxygen atoms in total. The van der Waals surface area contributed by atoms with E-state index < -0.39 is 0 Å². The number of imidazole rings is 1. The summed E-state index contributed by atoms with van der Waals surface area (Å²) in [6, 6.07) is 3.97. The molecule has 1 aliphatic heterocycles. The van der Waals surface area contributed by atoms with Gasteiger partial charge in [-0.05, 0) is 38.3 Å². The fraction of sp³-hybridized carbons (Fsp3) is 0.400. The van der Waals surface area contributed by atoms with E-state index in [-0.39, 0.29) is 17.8 Å². The highest BCUT2D eigenvalue weighted by Crippen LogP contribution is 2.29. The largest absolute Gasteiger partial charge is 0.376 e. The highest BCUT2D eigenvalue weighted by atomic mass is 35.5. The minimum Gasteiger partial charge on any atom is -0.376 e. The molecule has 2 N–H and O–H groups in total. The van der Waals surface area contributed by atoms with E-state index in [0.717, 1.165) is 30.7 Å². The van der Waals surface area contributed by atoms with Gasteiger partial charge in [-0.25, -0.2) is 9.97 Å². The lowest BCUT2D eigenvalue weighted by atomic mass is 10.2. The minimum atomic E-state index is -0.214. The molecule has 4 heterocycles. The molecule has 1 aliphatic rings. The predicted molar refractivity (Wildman–Crippen MR) is 116 cm³/mol. The average molecular weight is 445 g/mol. The van der Waals surface area contributed by atoms with Gasteiger partial charge in [0.15, 0.2) is 10.8 Å². The highest BCUT2D eigenvalue weighted by molar-refractivity contribution is 7.99. The van der Waals surface area contributed by atoms with E-state index in [1.807, 2.05) is 18.4 Å². The lowest BCUT2D eigenvalue weighted by molar-refractivity contribution is -0.113. The van der Waals surface area contributed by atoms with Crippen molar-refractivity contribution >= 4 is 46.3 Å². The van der Waals surface area contributed by atoms with Gasteiger partial charge in [0.05, 0.1) is 34.5 Å². The number of thioether (sulfide) groups is 1. The molecule has 156 valence electrons. The molecule has 10 heteroatoms. The van der Waals surface area contributed by atoms with Crippen LogP contribution in [0.2, 0.25) is 5.02 Å². The highest BCUT2D eigenvalue weighted by Gasteiger charge is 2.24. The van der Waals surface area contributed by atoms with Crippen LogP contribution < -0.4 is 5.32 Å². The van der Waals surface area contributed by atoms with Gasteiger partial charge in [-0.1, -0.05) is 23.4 Å². The molecule has 30 heavy (non-hydrogen) atoms. The summed E-state index contributed by atoms with van der Waals surface area (Å²) in [5, 5.41) is 13.7. The number of halogens is 1. The SMILES string of the molecule is Cc1c(C#N)c(NC(=O)CSc2nc3ncc(Cl)cc3[nH]2)n(C[C@@H]2CCCO2)c1C. The van der Waals surface area contributed by atoms with Crippen molar-refractivity contribution in [2.45, 2.75) is 44.5 Å². The number of nitriles is 1. The number of ether oxygens (including phenoxy) is 1. The van der Waals surface area contributed by atoms with E-state index in [4.69, 9.17) is 16.3 Å². The maximum Gasteiger partial charge on any atom is 0.235 e. The zero-order valence-corrected chi connectivity index (χ0v) is 18.2. The van der Waals surface area contributed by atoms with E-state index in [2.05, 4.69) is 26.3 Å². The summed E-state index contributed by atoms with van der Waals surface area (Å²) in [4.78, 5) is 24.3. The smallest absolute Gasteiger partial charge is 0.235 e. The molecule has 0 aromatic carbocycles. The Morgan fingerprint density at radius 3 is 3.10 bits per heavy atom. The quantitative estimate of drug-likeness (QED) is 0.559. The zero-order valence-electron chi connectivity index (χ0n) is 16.7. The number of pyridine rings is 1. The number of rotatable bonds is 6. The van der Waals surface area contributed by atoms with Crippen LogP contribution in [0, 0.1) is 25.2 Å². The first-order valence-corrected chi connectivity index (χ1v) is 11.0. The number of carbonyl (C=O) groups excluding carboxylic acids is 1. The van der Waals surface area contributed by atoms with E-state index in [9.17, 15) is 10.1 Å². The second-order valence-electron chi connectivity index (χ2n) is 7.19. The maximum atomic E-state index is 12.7. The third kappa shape index (κ3) is 4.17. The van der Waals surface area contributed by atoms with Crippen LogP contribution in [-0.4, -0.2) is 43.9 Å². The van der Waals surface area contributed by atoms with Gasteiger partial charge in [0.1, 0.15) is 11.9 Å². The number of aromatic amines is 1. The Morgan fingerprint density at radius 2 is 2.37 bits per heavy atom. The van der Waals surface area contributed by atoms with E-state index in [1.54, 1.807) is 6.07 Å². The number of nitrogens with one attached hydrogen (secondary N) is 2. The number of hydrogen-bond acceptors (Lipinski definition) is 6. The first-order valence-electron chi connectivity index (χ1n) is 9.61. The minimum absolute atomic E-state index is 0.0990. The molecule has 1 fully saturated rings. The number of carbonyl (C=O) groups is 1. The molecule has 4 rings (SSSR count). The van der Waals surface area contributed by atoms with Crippen LogP contribution in [0.4, 0.5) is 5.82 Å². The fourth-order valence-electron chi connectivity index (χ4n) is 3.57. The van der Waals surface area contributed by atoms with Gasteiger partial charge in [0.2, 0.25) is 5.91 Å². The Morgan fingerprint density at radius 1 is 1.53 bits per heavy atom. The Bertz CT molecular complexity index is 1140. The normalized spacial score (nSPS) is 16.1. The van der Waals surface area contributed by atoms with Gasteiger partial charge in [-0.2, -0.15) is 5.26 Å². The van der Waals surface area contributed by atoms with Gasteiger partial charge in [0.25, 0.3) is 0 Å². The van der Waals surface area contributed by atoms with Crippen molar-refractivity contribution in [2.24, 2.45) is 0 Å². The van der Waals surface area contributed by atoms with Crippen LogP contribution in [0.25, 0.3) is 11.2 Å². The van der Waals surface area contributed by atoms with Crippen LogP contribution in [0.5, 0.6) is 0 Å². The number of aromatic nitrogens is 4. The Kier molecular flexibility index (Phi) is 5.99. The fourth-order valence-corrected chi connectivity index (χ4v) is 4.40. The van der Waals surface area contributed by atoms with Gasteiger partial charge in [-0.3, -0.25) is 4.79 Å². The zero-order chi connectivity index (χ0) is 21.3. The summed E-state index contributed by atoms with van der Waals surface area (Å²) in [6.07, 6.45) is 3.64. The van der Waals surface area contributed by atoms with Gasteiger partial charge in [-0.15, -0.1) is 0 Å². The molecule has 1 saturated heterocycles. The molecule has 3 aromatic heterocycles. The number of nitrogens with zero attached hydrogens (tertiary/aromatic N) is 4. The molecule has 1 atom stereocenters. The number of anilines is 1. The van der Waals surface area contributed by atoms with E-state index in [1.165, 1.54) is 18.0 Å². The number of amides is 1. The van der Waals surface area contributed by atoms with Crippen molar-refractivity contribution < 1.29 is 9.53 Å². The van der Waals surface area contributed by atoms with Gasteiger partial charge < -0.3 is 19.6 Å². The van der Waals surface area contributed by atoms with E-state index in [0.29, 0.717) is 39.3 Å². The van der Waals surface area contributed by atoms with Gasteiger partial charge >= 0.3 is 0 Å². The van der Waals surface area contributed by atoms with E-state index >= 15 is 0 Å². The van der Waals surface area contributed by atoms with Crippen LogP contribution in [0.3, 0.4) is 0 Å². The Labute approximate surface area is 183 Å². The summed E-state index contributed by atoms with van der Waals surface area (Å²) >= 11 is 7.21. The molecule has 0 spiro atoms. The van der Waals surface area contributed by atoms with Crippen LogP contribution in [-0.2, 0) is 16.1 Å². The first-order chi connectivity index (χ1) is 14.5. The first kappa shape index (κ1) is 20.7. The Balaban J connectivity index is 1.48. The number of hydrogen-bond donors (Lipinski definition) is 2. The lowest BCUT2D eigenvalue weighted by Crippen LogP contribution is -2.22. The topological polar surface area (TPSA) is 109 Å². The van der Waals surface area contributed by atoms with Crippen LogP contribution >= 0.6 is 23.4 Å². The van der Waals surface area contributed by atoms with Crippen molar-refractivity contribution in [2.75, 3.05) is 17.7 Å². The summed E-state index contributed by atoms with van der Waals surface area (Å²) in [7, 11) is 0. The summed E-state index contributed by atoms with van der Waals surface area (Å²) in [5.41, 5.74) is 3.59. The lowest BCUT2D eigenvalue weighted by Gasteiger charge is -2.16. The standard InChI is InChI=1S/C20H21ClN6O2S/c1-11-12(2)27(9-14-4-3-5-29-14)19(15(11)7-22)25-17(28)10-30-20-24-16-6-13(21)8-23-18(16)26-20/h6,8,14H,3-5,9-10H2,1-2H3,(H,25,28)(H,23,24,26)/t14-/m0/s1. The van der Waals surface area contributed by atoms with Crippen LogP contribution in [0.15, 0.2) is 17.4 Å².